The molecule has 3 heterocycles. The molecule has 11 heteroatoms. The molecule has 9 nitrogen and oxygen atoms in total. The van der Waals surface area contributed by atoms with E-state index >= 15 is 0 Å². The fourth-order valence-corrected chi connectivity index (χ4v) is 6.07. The van der Waals surface area contributed by atoms with Crippen molar-refractivity contribution >= 4 is 40.8 Å². The molecular formula is C29H25N3O6S2. The van der Waals surface area contributed by atoms with Gasteiger partial charge < -0.3 is 9.15 Å². The standard InChI is InChI=1S/C29H25N3O6S2/c1-5-37-28(34)25-17(3)30-29-31(26(25)18-6-10-21(39-4)11-7-18)27(33)24(40-29)15-20-9-13-23(38-20)22-12-8-19(32(35)36)14-16(22)2/h6-15,26H,5H2,1-4H3. The van der Waals surface area contributed by atoms with Crippen molar-refractivity contribution in [3.8, 4) is 11.3 Å². The third-order valence-electron chi connectivity index (χ3n) is 6.53. The van der Waals surface area contributed by atoms with E-state index in [1.54, 1.807) is 56.8 Å². The van der Waals surface area contributed by atoms with Crippen molar-refractivity contribution in [1.29, 1.82) is 0 Å². The number of nitro benzene ring substituents is 1. The predicted molar refractivity (Wildman–Crippen MR) is 154 cm³/mol. The van der Waals surface area contributed by atoms with Gasteiger partial charge in [-0.05, 0) is 68.5 Å². The summed E-state index contributed by atoms with van der Waals surface area (Å²) in [4.78, 5) is 43.6. The monoisotopic (exact) mass is 575 g/mol. The summed E-state index contributed by atoms with van der Waals surface area (Å²) in [7, 11) is 0. The lowest BCUT2D eigenvalue weighted by molar-refractivity contribution is -0.384. The molecule has 1 aliphatic heterocycles. The molecule has 0 spiro atoms. The van der Waals surface area contributed by atoms with E-state index in [0.29, 0.717) is 37.7 Å². The average molecular weight is 576 g/mol. The number of non-ortho nitro benzene ring substituents is 1. The van der Waals surface area contributed by atoms with E-state index in [9.17, 15) is 19.7 Å². The van der Waals surface area contributed by atoms with Gasteiger partial charge in [-0.15, -0.1) is 11.8 Å². The number of ether oxygens (including phenoxy) is 1. The molecule has 2 aromatic heterocycles. The number of rotatable bonds is 7. The highest BCUT2D eigenvalue weighted by atomic mass is 32.2. The van der Waals surface area contributed by atoms with E-state index in [1.807, 2.05) is 30.5 Å². The molecular weight excluding hydrogens is 550 g/mol. The van der Waals surface area contributed by atoms with Crippen LogP contribution in [0.4, 0.5) is 5.69 Å². The van der Waals surface area contributed by atoms with Gasteiger partial charge in [0.1, 0.15) is 11.5 Å². The summed E-state index contributed by atoms with van der Waals surface area (Å²) in [6.45, 7) is 5.46. The number of carbonyl (C=O) groups is 1. The van der Waals surface area contributed by atoms with Gasteiger partial charge in [-0.1, -0.05) is 23.5 Å². The van der Waals surface area contributed by atoms with Gasteiger partial charge in [0.25, 0.3) is 11.2 Å². The summed E-state index contributed by atoms with van der Waals surface area (Å²) in [5.74, 6) is 0.463. The summed E-state index contributed by atoms with van der Waals surface area (Å²) in [6.07, 6.45) is 3.63. The van der Waals surface area contributed by atoms with Gasteiger partial charge in [0.05, 0.1) is 33.4 Å². The highest BCUT2D eigenvalue weighted by Gasteiger charge is 2.33. The third-order valence-corrected chi connectivity index (χ3v) is 8.26. The van der Waals surface area contributed by atoms with Crippen LogP contribution in [0.2, 0.25) is 0 Å². The van der Waals surface area contributed by atoms with Crippen LogP contribution < -0.4 is 14.9 Å². The fourth-order valence-electron chi connectivity index (χ4n) is 4.64. The van der Waals surface area contributed by atoms with Crippen molar-refractivity contribution in [3.05, 3.63) is 113 Å². The third kappa shape index (κ3) is 5.05. The minimum absolute atomic E-state index is 0.00395. The second kappa shape index (κ2) is 11.1. The maximum Gasteiger partial charge on any atom is 0.338 e. The molecule has 0 amide bonds. The second-order valence-corrected chi connectivity index (χ2v) is 10.9. The van der Waals surface area contributed by atoms with Gasteiger partial charge in [0.2, 0.25) is 0 Å². The minimum Gasteiger partial charge on any atom is -0.463 e. The number of thiazole rings is 1. The van der Waals surface area contributed by atoms with E-state index < -0.39 is 16.9 Å². The SMILES string of the molecule is CCOC(=O)C1=C(C)N=c2sc(=Cc3ccc(-c4ccc([N+](=O)[O-])cc4C)o3)c(=O)n2C1c1ccc(SC)cc1. The number of thioether (sulfide) groups is 1. The first-order chi connectivity index (χ1) is 19.2. The van der Waals surface area contributed by atoms with Gasteiger partial charge in [-0.3, -0.25) is 19.5 Å². The number of carbonyl (C=O) groups excluding carboxylic acids is 1. The number of furan rings is 1. The number of esters is 1. The normalized spacial score (nSPS) is 15.1. The van der Waals surface area contributed by atoms with Crippen molar-refractivity contribution in [1.82, 2.24) is 4.57 Å². The van der Waals surface area contributed by atoms with Crippen molar-refractivity contribution in [2.75, 3.05) is 12.9 Å². The van der Waals surface area contributed by atoms with E-state index in [4.69, 9.17) is 9.15 Å². The zero-order valence-electron chi connectivity index (χ0n) is 22.2. The molecule has 0 saturated carbocycles. The lowest BCUT2D eigenvalue weighted by Gasteiger charge is -2.24. The molecule has 204 valence electrons. The Kier molecular flexibility index (Phi) is 7.59. The Morgan fingerprint density at radius 2 is 1.95 bits per heavy atom. The Labute approximate surface area is 237 Å². The first kappa shape index (κ1) is 27.4. The number of nitrogens with zero attached hydrogens (tertiary/aromatic N) is 3. The highest BCUT2D eigenvalue weighted by Crippen LogP contribution is 2.32. The van der Waals surface area contributed by atoms with E-state index in [-0.39, 0.29) is 17.9 Å². The van der Waals surface area contributed by atoms with Gasteiger partial charge in [0.15, 0.2) is 4.80 Å². The average Bonchev–Trinajstić information content (AvgIpc) is 3.52. The number of hydrogen-bond donors (Lipinski definition) is 0. The number of nitro groups is 1. The Morgan fingerprint density at radius 1 is 1.20 bits per heavy atom. The molecule has 0 radical (unpaired) electrons. The molecule has 0 saturated heterocycles. The highest BCUT2D eigenvalue weighted by molar-refractivity contribution is 7.98. The number of benzene rings is 2. The zero-order valence-corrected chi connectivity index (χ0v) is 23.8. The fraction of sp³-hybridized carbons (Fsp3) is 0.207. The Morgan fingerprint density at radius 3 is 2.60 bits per heavy atom. The molecule has 5 rings (SSSR count). The smallest absolute Gasteiger partial charge is 0.338 e. The molecule has 40 heavy (non-hydrogen) atoms. The maximum absolute atomic E-state index is 13.8. The summed E-state index contributed by atoms with van der Waals surface area (Å²) >= 11 is 2.81. The van der Waals surface area contributed by atoms with Crippen LogP contribution in [-0.2, 0) is 9.53 Å². The lowest BCUT2D eigenvalue weighted by atomic mass is 9.96. The van der Waals surface area contributed by atoms with E-state index in [0.717, 1.165) is 16.0 Å². The van der Waals surface area contributed by atoms with Gasteiger partial charge >= 0.3 is 5.97 Å². The molecule has 1 unspecified atom stereocenters. The molecule has 0 aliphatic carbocycles. The van der Waals surface area contributed by atoms with Crippen LogP contribution in [0.25, 0.3) is 17.4 Å². The van der Waals surface area contributed by atoms with Crippen LogP contribution >= 0.6 is 23.1 Å². The Bertz CT molecular complexity index is 1850. The predicted octanol–water partition coefficient (Wildman–Crippen LogP) is 5.00. The number of allylic oxidation sites excluding steroid dienone is 1. The van der Waals surface area contributed by atoms with Crippen molar-refractivity contribution < 1.29 is 18.9 Å². The largest absolute Gasteiger partial charge is 0.463 e. The maximum atomic E-state index is 13.8. The molecule has 1 atom stereocenters. The minimum atomic E-state index is -0.691. The van der Waals surface area contributed by atoms with Crippen LogP contribution in [0.1, 0.15) is 36.8 Å². The zero-order chi connectivity index (χ0) is 28.6. The molecule has 4 aromatic rings. The summed E-state index contributed by atoms with van der Waals surface area (Å²) < 4.78 is 13.3. The Hall–Kier alpha value is -4.22. The number of aryl methyl sites for hydroxylation is 1. The van der Waals surface area contributed by atoms with Crippen molar-refractivity contribution in [3.63, 3.8) is 0 Å². The number of fused-ring (bicyclic) bond motifs is 1. The van der Waals surface area contributed by atoms with Crippen LogP contribution in [-0.4, -0.2) is 28.3 Å². The topological polar surface area (TPSA) is 117 Å². The van der Waals surface area contributed by atoms with E-state index in [1.165, 1.54) is 28.0 Å². The van der Waals surface area contributed by atoms with Gasteiger partial charge in [-0.2, -0.15) is 0 Å². The summed E-state index contributed by atoms with van der Waals surface area (Å²) in [5.41, 5.74) is 2.72. The van der Waals surface area contributed by atoms with E-state index in [2.05, 4.69) is 4.99 Å². The summed E-state index contributed by atoms with van der Waals surface area (Å²) in [5, 5.41) is 11.1. The van der Waals surface area contributed by atoms with Gasteiger partial charge in [-0.25, -0.2) is 9.79 Å². The van der Waals surface area contributed by atoms with Crippen molar-refractivity contribution in [2.24, 2.45) is 4.99 Å². The second-order valence-electron chi connectivity index (χ2n) is 9.03. The molecule has 0 N–H and O–H groups in total. The first-order valence-corrected chi connectivity index (χ1v) is 14.4. The van der Waals surface area contributed by atoms with Crippen LogP contribution in [0, 0.1) is 17.0 Å². The molecule has 0 bridgehead atoms. The van der Waals surface area contributed by atoms with Crippen LogP contribution in [0.15, 0.2) is 85.0 Å². The van der Waals surface area contributed by atoms with Gasteiger partial charge in [0, 0.05) is 28.7 Å². The van der Waals surface area contributed by atoms with Crippen LogP contribution in [0.5, 0.6) is 0 Å². The summed E-state index contributed by atoms with van der Waals surface area (Å²) in [6, 6.07) is 15.1. The molecule has 2 aromatic carbocycles. The molecule has 0 fully saturated rings. The lowest BCUT2D eigenvalue weighted by Crippen LogP contribution is -2.39. The van der Waals surface area contributed by atoms with Crippen molar-refractivity contribution in [2.45, 2.75) is 31.7 Å². The quantitative estimate of drug-likeness (QED) is 0.132. The Balaban J connectivity index is 1.60. The molecule has 1 aliphatic rings. The number of hydrogen-bond acceptors (Lipinski definition) is 9. The van der Waals surface area contributed by atoms with Crippen LogP contribution in [0.3, 0.4) is 0 Å². The number of aromatic nitrogens is 1. The first-order valence-electron chi connectivity index (χ1n) is 12.4.